The van der Waals surface area contributed by atoms with Crippen LogP contribution >= 0.6 is 0 Å². The molecule has 1 atom stereocenters. The lowest BCUT2D eigenvalue weighted by Gasteiger charge is -2.37. The van der Waals surface area contributed by atoms with E-state index < -0.39 is 11.9 Å². The SMILES string of the molecule is CCN(c1cc(-c2ccc(N3CCN(Cc4ccc5c(c4)CN(C4CCC(=O)NC4=O)C5=O)CC3)cc2)cc(C(=O)NCc2c(C)cc(C)[nH]c2=O)c1C)C1CCOCC1. The molecule has 3 N–H and O–H groups in total. The Morgan fingerprint density at radius 1 is 0.883 bits per heavy atom. The Hall–Kier alpha value is -5.79. The van der Waals surface area contributed by atoms with Gasteiger partial charge in [0.15, 0.2) is 0 Å². The molecule has 4 aliphatic rings. The molecule has 3 saturated heterocycles. The van der Waals surface area contributed by atoms with Crippen molar-refractivity contribution >= 4 is 35.0 Å². The van der Waals surface area contributed by atoms with Crippen LogP contribution in [0.3, 0.4) is 0 Å². The first-order chi connectivity index (χ1) is 29.0. The van der Waals surface area contributed by atoms with Crippen molar-refractivity contribution in [3.63, 3.8) is 0 Å². The molecule has 3 fully saturated rings. The van der Waals surface area contributed by atoms with Gasteiger partial charge in [-0.2, -0.15) is 0 Å². The monoisotopic (exact) mass is 813 g/mol. The fourth-order valence-corrected chi connectivity index (χ4v) is 9.40. The zero-order chi connectivity index (χ0) is 42.1. The summed E-state index contributed by atoms with van der Waals surface area (Å²) in [5.74, 6) is -1.05. The molecule has 314 valence electrons. The maximum absolute atomic E-state index is 14.0. The van der Waals surface area contributed by atoms with Crippen LogP contribution in [0.5, 0.6) is 0 Å². The third-order valence-corrected chi connectivity index (χ3v) is 12.8. The topological polar surface area (TPSA) is 147 Å². The first-order valence-corrected chi connectivity index (χ1v) is 21.3. The average molecular weight is 814 g/mol. The number of pyridine rings is 1. The molecule has 0 bridgehead atoms. The molecule has 3 aromatic carbocycles. The Bertz CT molecular complexity index is 2360. The van der Waals surface area contributed by atoms with E-state index in [4.69, 9.17) is 4.74 Å². The summed E-state index contributed by atoms with van der Waals surface area (Å²) < 4.78 is 5.70. The summed E-state index contributed by atoms with van der Waals surface area (Å²) in [6, 6.07) is 20.4. The molecule has 8 rings (SSSR count). The second kappa shape index (κ2) is 17.4. The van der Waals surface area contributed by atoms with Gasteiger partial charge in [0.2, 0.25) is 11.8 Å². The summed E-state index contributed by atoms with van der Waals surface area (Å²) in [6.07, 6.45) is 2.44. The molecule has 13 nitrogen and oxygen atoms in total. The smallest absolute Gasteiger partial charge is 0.255 e. The molecule has 1 aromatic heterocycles. The largest absolute Gasteiger partial charge is 0.381 e. The highest BCUT2D eigenvalue weighted by Gasteiger charge is 2.39. The highest BCUT2D eigenvalue weighted by atomic mass is 16.5. The number of rotatable bonds is 11. The molecule has 1 unspecified atom stereocenters. The van der Waals surface area contributed by atoms with E-state index in [-0.39, 0.29) is 36.2 Å². The van der Waals surface area contributed by atoms with E-state index in [1.165, 1.54) is 0 Å². The van der Waals surface area contributed by atoms with E-state index in [0.717, 1.165) is 116 Å². The van der Waals surface area contributed by atoms with Gasteiger partial charge in [-0.3, -0.25) is 34.2 Å². The molecule has 4 amide bonds. The van der Waals surface area contributed by atoms with Crippen LogP contribution in [0.15, 0.2) is 65.5 Å². The molecule has 60 heavy (non-hydrogen) atoms. The lowest BCUT2D eigenvalue weighted by atomic mass is 9.95. The Labute approximate surface area is 351 Å². The summed E-state index contributed by atoms with van der Waals surface area (Å²) in [4.78, 5) is 75.8. The minimum atomic E-state index is -0.617. The Morgan fingerprint density at radius 2 is 1.63 bits per heavy atom. The molecular formula is C47H55N7O6. The third kappa shape index (κ3) is 8.46. The number of carbonyl (C=O) groups is 4. The second-order valence-electron chi connectivity index (χ2n) is 16.6. The quantitative estimate of drug-likeness (QED) is 0.179. The first kappa shape index (κ1) is 41.0. The summed E-state index contributed by atoms with van der Waals surface area (Å²) in [5, 5.41) is 5.43. The number of hydrogen-bond donors (Lipinski definition) is 3. The average Bonchev–Trinajstić information content (AvgIpc) is 3.56. The highest BCUT2D eigenvalue weighted by Crippen LogP contribution is 2.35. The molecule has 13 heteroatoms. The molecule has 0 aliphatic carbocycles. The van der Waals surface area contributed by atoms with E-state index in [2.05, 4.69) is 73.6 Å². The van der Waals surface area contributed by atoms with Crippen molar-refractivity contribution in [1.82, 2.24) is 25.4 Å². The number of ether oxygens (including phenoxy) is 1. The van der Waals surface area contributed by atoms with Gasteiger partial charge < -0.3 is 29.7 Å². The maximum Gasteiger partial charge on any atom is 0.255 e. The summed E-state index contributed by atoms with van der Waals surface area (Å²) in [6.45, 7) is 14.9. The van der Waals surface area contributed by atoms with Gasteiger partial charge in [-0.05, 0) is 117 Å². The third-order valence-electron chi connectivity index (χ3n) is 12.8. The number of aryl methyl sites for hydroxylation is 2. The van der Waals surface area contributed by atoms with Gasteiger partial charge in [-0.25, -0.2) is 0 Å². The number of fused-ring (bicyclic) bond motifs is 1. The van der Waals surface area contributed by atoms with Gasteiger partial charge in [0.25, 0.3) is 17.4 Å². The number of hydrogen-bond acceptors (Lipinski definition) is 9. The van der Waals surface area contributed by atoms with Crippen LogP contribution in [-0.2, 0) is 34.0 Å². The van der Waals surface area contributed by atoms with Gasteiger partial charge in [-0.1, -0.05) is 24.3 Å². The molecule has 4 aromatic rings. The minimum Gasteiger partial charge on any atom is -0.381 e. The molecular weight excluding hydrogens is 759 g/mol. The van der Waals surface area contributed by atoms with Gasteiger partial charge in [0.1, 0.15) is 6.04 Å². The van der Waals surface area contributed by atoms with Crippen molar-refractivity contribution < 1.29 is 23.9 Å². The lowest BCUT2D eigenvalue weighted by molar-refractivity contribution is -0.136. The first-order valence-electron chi connectivity index (χ1n) is 21.3. The van der Waals surface area contributed by atoms with Gasteiger partial charge in [-0.15, -0.1) is 0 Å². The number of piperazine rings is 1. The normalized spacial score (nSPS) is 18.7. The summed E-state index contributed by atoms with van der Waals surface area (Å²) >= 11 is 0. The number of aromatic nitrogens is 1. The number of anilines is 2. The number of piperidine rings is 1. The van der Waals surface area contributed by atoms with Crippen molar-refractivity contribution in [1.29, 1.82) is 0 Å². The Balaban J connectivity index is 0.949. The highest BCUT2D eigenvalue weighted by molar-refractivity contribution is 6.05. The second-order valence-corrected chi connectivity index (χ2v) is 16.6. The van der Waals surface area contributed by atoms with E-state index in [9.17, 15) is 24.0 Å². The Kier molecular flexibility index (Phi) is 11.9. The molecule has 4 aliphatic heterocycles. The van der Waals surface area contributed by atoms with Crippen LogP contribution in [0.4, 0.5) is 11.4 Å². The number of H-pyrrole nitrogens is 1. The standard InChI is InChI=1S/C47H55N7O6/c1-5-53(37-14-20-60-21-15-37)42-25-34(24-39(31(42)4)44(56)48-26-40-29(2)22-30(3)49-45(40)57)33-7-9-36(10-8-33)52-18-16-51(17-19-52)27-32-6-11-38-35(23-32)28-54(47(38)59)41-12-13-43(55)50-46(41)58/h6-11,22-25,37,41H,5,12-21,26-28H2,1-4H3,(H,48,56)(H,49,57)(H,50,55,58). The van der Waals surface area contributed by atoms with Crippen LogP contribution in [0.1, 0.15) is 86.8 Å². The number of amides is 4. The zero-order valence-corrected chi connectivity index (χ0v) is 35.1. The number of carbonyl (C=O) groups excluding carboxylic acids is 4. The number of benzene rings is 3. The van der Waals surface area contributed by atoms with Crippen molar-refractivity contribution in [3.05, 3.63) is 116 Å². The van der Waals surface area contributed by atoms with Crippen LogP contribution in [0.25, 0.3) is 11.1 Å². The van der Waals surface area contributed by atoms with E-state index in [1.807, 2.05) is 45.0 Å². The van der Waals surface area contributed by atoms with Crippen molar-refractivity contribution in [2.45, 2.75) is 85.1 Å². The minimum absolute atomic E-state index is 0.137. The van der Waals surface area contributed by atoms with Gasteiger partial charge in [0.05, 0.1) is 0 Å². The lowest BCUT2D eigenvalue weighted by Crippen LogP contribution is -2.52. The predicted octanol–water partition coefficient (Wildman–Crippen LogP) is 4.99. The maximum atomic E-state index is 14.0. The molecule has 0 spiro atoms. The van der Waals surface area contributed by atoms with Crippen LogP contribution in [0, 0.1) is 20.8 Å². The molecule has 0 saturated carbocycles. The van der Waals surface area contributed by atoms with Crippen LogP contribution < -0.4 is 26.0 Å². The van der Waals surface area contributed by atoms with Crippen LogP contribution in [0.2, 0.25) is 0 Å². The summed E-state index contributed by atoms with van der Waals surface area (Å²) in [7, 11) is 0. The van der Waals surface area contributed by atoms with Crippen molar-refractivity contribution in [3.8, 4) is 11.1 Å². The number of nitrogens with zero attached hydrogens (tertiary/aromatic N) is 4. The predicted molar refractivity (Wildman–Crippen MR) is 231 cm³/mol. The summed E-state index contributed by atoms with van der Waals surface area (Å²) in [5.41, 5.74) is 10.4. The van der Waals surface area contributed by atoms with Crippen LogP contribution in [-0.4, -0.2) is 96.4 Å². The van der Waals surface area contributed by atoms with Crippen molar-refractivity contribution in [2.24, 2.45) is 0 Å². The van der Waals surface area contributed by atoms with E-state index >= 15 is 0 Å². The van der Waals surface area contributed by atoms with Gasteiger partial charge in [0, 0.05) is 112 Å². The Morgan fingerprint density at radius 3 is 2.33 bits per heavy atom. The van der Waals surface area contributed by atoms with Crippen molar-refractivity contribution in [2.75, 3.05) is 55.7 Å². The fraction of sp³-hybridized carbons (Fsp3) is 0.426. The molecule has 0 radical (unpaired) electrons. The number of nitrogens with one attached hydrogen (secondary N) is 3. The van der Waals surface area contributed by atoms with Gasteiger partial charge >= 0.3 is 0 Å². The number of aromatic amines is 1. The zero-order valence-electron chi connectivity index (χ0n) is 35.1. The fourth-order valence-electron chi connectivity index (χ4n) is 9.40. The van der Waals surface area contributed by atoms with E-state index in [0.29, 0.717) is 35.7 Å². The van der Waals surface area contributed by atoms with E-state index in [1.54, 1.807) is 4.90 Å². The number of imide groups is 1. The molecule has 5 heterocycles.